The normalized spacial score (nSPS) is 28.8. The molecule has 1 heterocycles. The summed E-state index contributed by atoms with van der Waals surface area (Å²) in [4.78, 5) is 11.2. The molecule has 0 spiro atoms. The summed E-state index contributed by atoms with van der Waals surface area (Å²) in [6, 6.07) is -0.244. The van der Waals surface area contributed by atoms with Crippen LogP contribution in [0.25, 0.3) is 0 Å². The summed E-state index contributed by atoms with van der Waals surface area (Å²) in [5.41, 5.74) is 5.22. The average molecular weight is 173 g/mol. The van der Waals surface area contributed by atoms with Crippen molar-refractivity contribution < 1.29 is 9.90 Å². The number of nitrogens with one attached hydrogen (secondary N) is 2. The van der Waals surface area contributed by atoms with Gasteiger partial charge in [-0.15, -0.1) is 0 Å². The van der Waals surface area contributed by atoms with Crippen LogP contribution in [0.2, 0.25) is 0 Å². The lowest BCUT2D eigenvalue weighted by Gasteiger charge is -2.09. The summed E-state index contributed by atoms with van der Waals surface area (Å²) < 4.78 is 0. The first-order valence-electron chi connectivity index (χ1n) is 4.13. The first-order chi connectivity index (χ1) is 5.74. The van der Waals surface area contributed by atoms with E-state index >= 15 is 0 Å². The van der Waals surface area contributed by atoms with Crippen molar-refractivity contribution in [3.63, 3.8) is 0 Å². The third kappa shape index (κ3) is 2.44. The molecule has 5 heteroatoms. The van der Waals surface area contributed by atoms with Crippen molar-refractivity contribution in [3.05, 3.63) is 0 Å². The number of aliphatic hydroxyl groups is 1. The Balaban J connectivity index is 2.23. The summed E-state index contributed by atoms with van der Waals surface area (Å²) in [5.74, 6) is -0.0722. The van der Waals surface area contributed by atoms with Gasteiger partial charge in [-0.2, -0.15) is 0 Å². The second kappa shape index (κ2) is 4.39. The molecule has 1 aliphatic rings. The van der Waals surface area contributed by atoms with Crippen LogP contribution < -0.4 is 16.4 Å². The van der Waals surface area contributed by atoms with E-state index in [1.807, 2.05) is 0 Å². The summed E-state index contributed by atoms with van der Waals surface area (Å²) >= 11 is 0. The minimum absolute atomic E-state index is 0.0722. The predicted molar refractivity (Wildman–Crippen MR) is 44.5 cm³/mol. The maximum atomic E-state index is 11.2. The van der Waals surface area contributed by atoms with Crippen LogP contribution in [0.1, 0.15) is 6.42 Å². The van der Waals surface area contributed by atoms with Crippen molar-refractivity contribution in [3.8, 4) is 0 Å². The van der Waals surface area contributed by atoms with Gasteiger partial charge in [-0.1, -0.05) is 0 Å². The number of carbonyl (C=O) groups excluding carboxylic acids is 1. The highest BCUT2D eigenvalue weighted by molar-refractivity contribution is 5.82. The number of amides is 1. The van der Waals surface area contributed by atoms with E-state index < -0.39 is 6.10 Å². The fraction of sp³-hybridized carbons (Fsp3) is 0.857. The van der Waals surface area contributed by atoms with Crippen LogP contribution in [0.5, 0.6) is 0 Å². The fourth-order valence-electron chi connectivity index (χ4n) is 1.24. The first-order valence-corrected chi connectivity index (χ1v) is 4.13. The van der Waals surface area contributed by atoms with Crippen LogP contribution in [-0.4, -0.2) is 42.8 Å². The van der Waals surface area contributed by atoms with Gasteiger partial charge < -0.3 is 21.5 Å². The van der Waals surface area contributed by atoms with E-state index in [2.05, 4.69) is 10.6 Å². The number of carbonyl (C=O) groups is 1. The Hall–Kier alpha value is -0.650. The Morgan fingerprint density at radius 1 is 1.75 bits per heavy atom. The van der Waals surface area contributed by atoms with E-state index in [1.165, 1.54) is 0 Å². The molecule has 0 bridgehead atoms. The molecule has 0 unspecified atom stereocenters. The molecule has 0 aromatic rings. The van der Waals surface area contributed by atoms with Gasteiger partial charge in [0, 0.05) is 19.6 Å². The maximum Gasteiger partial charge on any atom is 0.237 e. The van der Waals surface area contributed by atoms with Crippen LogP contribution in [0.4, 0.5) is 0 Å². The molecule has 2 atom stereocenters. The lowest BCUT2D eigenvalue weighted by atomic mass is 10.2. The zero-order valence-electron chi connectivity index (χ0n) is 6.92. The molecule has 1 rings (SSSR count). The number of aliphatic hydroxyl groups excluding tert-OH is 1. The summed E-state index contributed by atoms with van der Waals surface area (Å²) in [7, 11) is 0. The molecule has 0 saturated carbocycles. The molecule has 0 aliphatic carbocycles. The summed E-state index contributed by atoms with van der Waals surface area (Å²) in [5, 5.41) is 14.7. The molecular formula is C7H15N3O2. The van der Waals surface area contributed by atoms with Gasteiger partial charge in [0.1, 0.15) is 0 Å². The van der Waals surface area contributed by atoms with Crippen molar-refractivity contribution in [1.82, 2.24) is 10.6 Å². The van der Waals surface area contributed by atoms with Crippen LogP contribution >= 0.6 is 0 Å². The number of hydrogen-bond donors (Lipinski definition) is 4. The highest BCUT2D eigenvalue weighted by Gasteiger charge is 2.27. The lowest BCUT2D eigenvalue weighted by Crippen LogP contribution is -2.42. The zero-order valence-corrected chi connectivity index (χ0v) is 6.92. The minimum atomic E-state index is -0.390. The molecule has 1 amide bonds. The highest BCUT2D eigenvalue weighted by Crippen LogP contribution is 2.05. The minimum Gasteiger partial charge on any atom is -0.392 e. The SMILES string of the molecule is NCCNC(=O)[C@H]1C[C@@H](O)CN1. The van der Waals surface area contributed by atoms with Crippen molar-refractivity contribution in [1.29, 1.82) is 0 Å². The van der Waals surface area contributed by atoms with E-state index in [4.69, 9.17) is 10.8 Å². The molecular weight excluding hydrogens is 158 g/mol. The summed E-state index contributed by atoms with van der Waals surface area (Å²) in [6.45, 7) is 1.44. The molecule has 12 heavy (non-hydrogen) atoms. The van der Waals surface area contributed by atoms with Crippen molar-refractivity contribution >= 4 is 5.91 Å². The van der Waals surface area contributed by atoms with E-state index in [1.54, 1.807) is 0 Å². The molecule has 1 saturated heterocycles. The van der Waals surface area contributed by atoms with Gasteiger partial charge in [-0.05, 0) is 6.42 Å². The Kier molecular flexibility index (Phi) is 3.46. The quantitative estimate of drug-likeness (QED) is 0.389. The third-order valence-corrected chi connectivity index (χ3v) is 1.87. The molecule has 0 radical (unpaired) electrons. The largest absolute Gasteiger partial charge is 0.392 e. The molecule has 70 valence electrons. The lowest BCUT2D eigenvalue weighted by molar-refractivity contribution is -0.122. The fourth-order valence-corrected chi connectivity index (χ4v) is 1.24. The number of nitrogens with two attached hydrogens (primary N) is 1. The number of rotatable bonds is 3. The Labute approximate surface area is 71.3 Å². The molecule has 5 nitrogen and oxygen atoms in total. The van der Waals surface area contributed by atoms with Gasteiger partial charge in [0.2, 0.25) is 5.91 Å². The molecule has 1 fully saturated rings. The number of hydrogen-bond acceptors (Lipinski definition) is 4. The van der Waals surface area contributed by atoms with Gasteiger partial charge in [0.15, 0.2) is 0 Å². The van der Waals surface area contributed by atoms with E-state index in [-0.39, 0.29) is 11.9 Å². The van der Waals surface area contributed by atoms with E-state index in [9.17, 15) is 4.79 Å². The van der Waals surface area contributed by atoms with Gasteiger partial charge >= 0.3 is 0 Å². The highest BCUT2D eigenvalue weighted by atomic mass is 16.3. The Bertz CT molecular complexity index is 163. The molecule has 0 aromatic carbocycles. The molecule has 0 aromatic heterocycles. The second-order valence-electron chi connectivity index (χ2n) is 2.93. The van der Waals surface area contributed by atoms with Gasteiger partial charge in [0.25, 0.3) is 0 Å². The molecule has 5 N–H and O–H groups in total. The van der Waals surface area contributed by atoms with Crippen molar-refractivity contribution in [2.45, 2.75) is 18.6 Å². The average Bonchev–Trinajstić information content (AvgIpc) is 2.47. The smallest absolute Gasteiger partial charge is 0.237 e. The summed E-state index contributed by atoms with van der Waals surface area (Å²) in [6.07, 6.45) is 0.106. The van der Waals surface area contributed by atoms with Crippen molar-refractivity contribution in [2.75, 3.05) is 19.6 Å². The van der Waals surface area contributed by atoms with Crippen LogP contribution in [0.15, 0.2) is 0 Å². The van der Waals surface area contributed by atoms with Gasteiger partial charge in [0.05, 0.1) is 12.1 Å². The molecule has 1 aliphatic heterocycles. The third-order valence-electron chi connectivity index (χ3n) is 1.87. The number of β-amino-alcohol motifs (C(OH)–C–C–N with tert-alkyl or cyclic N) is 1. The monoisotopic (exact) mass is 173 g/mol. The van der Waals surface area contributed by atoms with Crippen molar-refractivity contribution in [2.24, 2.45) is 5.73 Å². The Morgan fingerprint density at radius 3 is 3.00 bits per heavy atom. The second-order valence-corrected chi connectivity index (χ2v) is 2.93. The van der Waals surface area contributed by atoms with Crippen LogP contribution in [0.3, 0.4) is 0 Å². The van der Waals surface area contributed by atoms with Crippen LogP contribution in [0, 0.1) is 0 Å². The van der Waals surface area contributed by atoms with Gasteiger partial charge in [-0.25, -0.2) is 0 Å². The maximum absolute atomic E-state index is 11.2. The Morgan fingerprint density at radius 2 is 2.50 bits per heavy atom. The standard InChI is InChI=1S/C7H15N3O2/c8-1-2-9-7(12)6-3-5(11)4-10-6/h5-6,10-11H,1-4,8H2,(H,9,12)/t5-,6-/m1/s1. The zero-order chi connectivity index (χ0) is 8.97. The topological polar surface area (TPSA) is 87.4 Å². The van der Waals surface area contributed by atoms with Crippen LogP contribution in [-0.2, 0) is 4.79 Å². The first kappa shape index (κ1) is 9.44. The predicted octanol–water partition coefficient (Wildman–Crippen LogP) is -2.22. The van der Waals surface area contributed by atoms with E-state index in [0.29, 0.717) is 26.1 Å². The van der Waals surface area contributed by atoms with Gasteiger partial charge in [-0.3, -0.25) is 4.79 Å². The van der Waals surface area contributed by atoms with E-state index in [0.717, 1.165) is 0 Å².